The molecule has 24 heavy (non-hydrogen) atoms. The molecule has 0 bridgehead atoms. The van der Waals surface area contributed by atoms with E-state index in [9.17, 15) is 9.59 Å². The van der Waals surface area contributed by atoms with Crippen molar-refractivity contribution in [3.63, 3.8) is 0 Å². The number of para-hydroxylation sites is 1. The van der Waals surface area contributed by atoms with Crippen LogP contribution in [0.25, 0.3) is 10.9 Å². The number of amides is 1. The minimum atomic E-state index is -0.104. The average Bonchev–Trinajstić information content (AvgIpc) is 2.57. The summed E-state index contributed by atoms with van der Waals surface area (Å²) in [6.45, 7) is 6.67. The molecule has 0 aliphatic heterocycles. The number of carbonyl (C=O) groups excluding carboxylic acids is 1. The number of aryl methyl sites for hydroxylation is 1. The third-order valence-corrected chi connectivity index (χ3v) is 3.55. The van der Waals surface area contributed by atoms with E-state index in [2.05, 4.69) is 24.3 Å². The number of nitrogens with one attached hydrogen (secondary N) is 1. The van der Waals surface area contributed by atoms with Gasteiger partial charge in [0.2, 0.25) is 11.3 Å². The number of benzene rings is 1. The van der Waals surface area contributed by atoms with Crippen molar-refractivity contribution in [3.05, 3.63) is 40.7 Å². The zero-order valence-electron chi connectivity index (χ0n) is 14.3. The molecule has 6 nitrogen and oxygen atoms in total. The second-order valence-corrected chi connectivity index (χ2v) is 6.17. The maximum atomic E-state index is 11.9. The molecule has 0 saturated heterocycles. The number of hydrogen-bond acceptors (Lipinski definition) is 4. The molecular weight excluding hydrogens is 306 g/mol. The van der Waals surface area contributed by atoms with Gasteiger partial charge in [-0.05, 0) is 24.5 Å². The first kappa shape index (κ1) is 18.1. The third kappa shape index (κ3) is 5.45. The van der Waals surface area contributed by atoms with E-state index in [1.807, 2.05) is 18.2 Å². The number of fused-ring (bicyclic) bond motifs is 1. The number of ether oxygens (including phenoxy) is 1. The lowest BCUT2D eigenvalue weighted by atomic mass is 10.2. The lowest BCUT2D eigenvalue weighted by Gasteiger charge is -2.10. The van der Waals surface area contributed by atoms with Crippen LogP contribution in [-0.4, -0.2) is 35.4 Å². The summed E-state index contributed by atoms with van der Waals surface area (Å²) in [5.41, 5.74) is 0.646. The highest BCUT2D eigenvalue weighted by atomic mass is 16.5. The Bertz CT molecular complexity index is 725. The highest BCUT2D eigenvalue weighted by Gasteiger charge is 2.06. The molecule has 1 aromatic heterocycles. The molecule has 1 heterocycles. The van der Waals surface area contributed by atoms with E-state index < -0.39 is 0 Å². The summed E-state index contributed by atoms with van der Waals surface area (Å²) in [5.74, 6) is 0.503. The predicted octanol–water partition coefficient (Wildman–Crippen LogP) is 1.97. The maximum Gasteiger partial charge on any atom is 0.221 e. The maximum absolute atomic E-state index is 11.9. The van der Waals surface area contributed by atoms with Gasteiger partial charge in [0.25, 0.3) is 0 Å². The van der Waals surface area contributed by atoms with E-state index in [-0.39, 0.29) is 11.3 Å². The van der Waals surface area contributed by atoms with E-state index >= 15 is 0 Å². The fourth-order valence-corrected chi connectivity index (χ4v) is 2.36. The van der Waals surface area contributed by atoms with Crippen LogP contribution in [0.5, 0.6) is 0 Å². The third-order valence-electron chi connectivity index (χ3n) is 3.55. The predicted molar refractivity (Wildman–Crippen MR) is 93.9 cm³/mol. The summed E-state index contributed by atoms with van der Waals surface area (Å²) in [6.07, 6.45) is 2.43. The quantitative estimate of drug-likeness (QED) is 0.713. The molecule has 2 rings (SSSR count). The lowest BCUT2D eigenvalue weighted by Crippen LogP contribution is -2.27. The molecular formula is C18H25N3O3. The minimum absolute atomic E-state index is 0.0246. The van der Waals surface area contributed by atoms with E-state index in [0.717, 1.165) is 18.5 Å². The van der Waals surface area contributed by atoms with Crippen molar-refractivity contribution < 1.29 is 9.53 Å². The molecule has 2 aromatic rings. The van der Waals surface area contributed by atoms with Gasteiger partial charge in [0.05, 0.1) is 18.3 Å². The first-order valence-electron chi connectivity index (χ1n) is 8.37. The van der Waals surface area contributed by atoms with Gasteiger partial charge in [-0.2, -0.15) is 5.10 Å². The van der Waals surface area contributed by atoms with Crippen LogP contribution in [0.4, 0.5) is 0 Å². The molecule has 0 saturated carbocycles. The minimum Gasteiger partial charge on any atom is -0.381 e. The Kier molecular flexibility index (Phi) is 6.93. The number of carbonyl (C=O) groups is 1. The van der Waals surface area contributed by atoms with Crippen LogP contribution >= 0.6 is 0 Å². The van der Waals surface area contributed by atoms with Crippen molar-refractivity contribution >= 4 is 16.8 Å². The van der Waals surface area contributed by atoms with Crippen molar-refractivity contribution in [2.75, 3.05) is 19.8 Å². The van der Waals surface area contributed by atoms with Crippen LogP contribution in [-0.2, 0) is 16.1 Å². The van der Waals surface area contributed by atoms with Crippen molar-refractivity contribution in [2.45, 2.75) is 33.2 Å². The molecule has 0 atom stereocenters. The molecule has 0 aliphatic carbocycles. The van der Waals surface area contributed by atoms with Gasteiger partial charge in [-0.3, -0.25) is 14.3 Å². The van der Waals surface area contributed by atoms with Gasteiger partial charge in [0, 0.05) is 31.6 Å². The van der Waals surface area contributed by atoms with Gasteiger partial charge >= 0.3 is 0 Å². The fraction of sp³-hybridized carbons (Fsp3) is 0.500. The van der Waals surface area contributed by atoms with Gasteiger partial charge < -0.3 is 10.1 Å². The molecule has 0 radical (unpaired) electrons. The van der Waals surface area contributed by atoms with Crippen LogP contribution < -0.4 is 10.7 Å². The normalized spacial score (nSPS) is 11.1. The van der Waals surface area contributed by atoms with Gasteiger partial charge in [0.15, 0.2) is 0 Å². The summed E-state index contributed by atoms with van der Waals surface area (Å²) in [7, 11) is 0. The smallest absolute Gasteiger partial charge is 0.221 e. The van der Waals surface area contributed by atoms with Crippen LogP contribution in [0.1, 0.15) is 26.7 Å². The van der Waals surface area contributed by atoms with Crippen LogP contribution in [0.15, 0.2) is 35.3 Å². The summed E-state index contributed by atoms with van der Waals surface area (Å²) in [4.78, 5) is 23.7. The molecule has 130 valence electrons. The van der Waals surface area contributed by atoms with E-state index in [1.54, 1.807) is 10.7 Å². The average molecular weight is 331 g/mol. The summed E-state index contributed by atoms with van der Waals surface area (Å²) in [5, 5.41) is 7.62. The summed E-state index contributed by atoms with van der Waals surface area (Å²) < 4.78 is 7.17. The Labute approximate surface area is 141 Å². The SMILES string of the molecule is CC(C)COCCCNC(=O)CCn1ncc(=O)c2ccccc21. The van der Waals surface area contributed by atoms with Crippen molar-refractivity contribution in [2.24, 2.45) is 5.92 Å². The molecule has 0 aliphatic rings. The van der Waals surface area contributed by atoms with E-state index in [4.69, 9.17) is 4.74 Å². The van der Waals surface area contributed by atoms with Crippen molar-refractivity contribution in [3.8, 4) is 0 Å². The highest BCUT2D eigenvalue weighted by Crippen LogP contribution is 2.08. The Morgan fingerprint density at radius 2 is 2.12 bits per heavy atom. The van der Waals surface area contributed by atoms with Gasteiger partial charge in [0.1, 0.15) is 0 Å². The molecule has 1 aromatic carbocycles. The lowest BCUT2D eigenvalue weighted by molar-refractivity contribution is -0.121. The second kappa shape index (κ2) is 9.17. The fourth-order valence-electron chi connectivity index (χ4n) is 2.36. The zero-order valence-corrected chi connectivity index (χ0v) is 14.3. The molecule has 1 N–H and O–H groups in total. The van der Waals surface area contributed by atoms with Gasteiger partial charge in [-0.1, -0.05) is 26.0 Å². The van der Waals surface area contributed by atoms with E-state index in [1.165, 1.54) is 6.20 Å². The van der Waals surface area contributed by atoms with Crippen LogP contribution in [0.2, 0.25) is 0 Å². The standard InChI is InChI=1S/C18H25N3O3/c1-14(2)13-24-11-5-9-19-18(23)8-10-21-16-7-4-3-6-15(16)17(22)12-20-21/h3-4,6-7,12,14H,5,8-11,13H2,1-2H3,(H,19,23). The van der Waals surface area contributed by atoms with Crippen LogP contribution in [0, 0.1) is 5.92 Å². The monoisotopic (exact) mass is 331 g/mol. The second-order valence-electron chi connectivity index (χ2n) is 6.17. The topological polar surface area (TPSA) is 73.2 Å². The number of aromatic nitrogens is 2. The molecule has 0 unspecified atom stereocenters. The van der Waals surface area contributed by atoms with Crippen molar-refractivity contribution in [1.29, 1.82) is 0 Å². The van der Waals surface area contributed by atoms with Crippen molar-refractivity contribution in [1.82, 2.24) is 15.1 Å². The largest absolute Gasteiger partial charge is 0.381 e. The van der Waals surface area contributed by atoms with Gasteiger partial charge in [-0.15, -0.1) is 0 Å². The Morgan fingerprint density at radius 3 is 2.92 bits per heavy atom. The first-order chi connectivity index (χ1) is 11.6. The Balaban J connectivity index is 1.76. The summed E-state index contributed by atoms with van der Waals surface area (Å²) >= 11 is 0. The zero-order chi connectivity index (χ0) is 17.4. The van der Waals surface area contributed by atoms with Gasteiger partial charge in [-0.25, -0.2) is 0 Å². The number of nitrogens with zero attached hydrogens (tertiary/aromatic N) is 2. The molecule has 0 spiro atoms. The highest BCUT2D eigenvalue weighted by molar-refractivity contribution is 5.78. The Morgan fingerprint density at radius 1 is 1.33 bits per heavy atom. The number of hydrogen-bond donors (Lipinski definition) is 1. The molecule has 6 heteroatoms. The summed E-state index contributed by atoms with van der Waals surface area (Å²) in [6, 6.07) is 7.29. The molecule has 1 amide bonds. The van der Waals surface area contributed by atoms with Crippen LogP contribution in [0.3, 0.4) is 0 Å². The number of rotatable bonds is 9. The Hall–Kier alpha value is -2.21. The molecule has 0 fully saturated rings. The van der Waals surface area contributed by atoms with E-state index in [0.29, 0.717) is 37.4 Å². The first-order valence-corrected chi connectivity index (χ1v) is 8.37.